The second-order valence-electron chi connectivity index (χ2n) is 5.49. The maximum absolute atomic E-state index is 13.3. The maximum Gasteiger partial charge on any atom is 0.338 e. The van der Waals surface area contributed by atoms with E-state index in [1.54, 1.807) is 17.0 Å². The van der Waals surface area contributed by atoms with Crippen molar-refractivity contribution in [2.24, 2.45) is 0 Å². The molecular weight excluding hydrogens is 356 g/mol. The van der Waals surface area contributed by atoms with Crippen LogP contribution >= 0.6 is 23.2 Å². The molecule has 0 unspecified atom stereocenters. The van der Waals surface area contributed by atoms with Gasteiger partial charge >= 0.3 is 5.97 Å². The molecule has 1 heterocycles. The topological polar surface area (TPSA) is 57.6 Å². The summed E-state index contributed by atoms with van der Waals surface area (Å²) in [5.74, 6) is -1.90. The average molecular weight is 368 g/mol. The van der Waals surface area contributed by atoms with Crippen LogP contribution in [0.2, 0.25) is 10.0 Å². The molecule has 0 saturated heterocycles. The first-order chi connectivity index (χ1) is 11.4. The number of amides is 1. The molecule has 4 nitrogen and oxygen atoms in total. The fraction of sp³-hybridized carbons (Fsp3) is 0.176. The lowest BCUT2D eigenvalue weighted by atomic mass is 9.95. The van der Waals surface area contributed by atoms with Crippen LogP contribution in [0.3, 0.4) is 0 Å². The number of hydrogen-bond acceptors (Lipinski definition) is 2. The fourth-order valence-corrected chi connectivity index (χ4v) is 3.53. The minimum Gasteiger partial charge on any atom is -0.478 e. The second-order valence-corrected chi connectivity index (χ2v) is 6.27. The van der Waals surface area contributed by atoms with Crippen molar-refractivity contribution in [2.75, 3.05) is 6.54 Å². The first-order valence-corrected chi connectivity index (χ1v) is 7.92. The quantitative estimate of drug-likeness (QED) is 0.890. The molecule has 0 spiro atoms. The Morgan fingerprint density at radius 1 is 1.29 bits per heavy atom. The van der Waals surface area contributed by atoms with Gasteiger partial charge in [0.2, 0.25) is 0 Å². The van der Waals surface area contributed by atoms with Gasteiger partial charge in [-0.2, -0.15) is 0 Å². The van der Waals surface area contributed by atoms with Gasteiger partial charge in [0.25, 0.3) is 5.91 Å². The van der Waals surface area contributed by atoms with Crippen molar-refractivity contribution in [3.05, 3.63) is 68.4 Å². The number of carbonyl (C=O) groups is 2. The monoisotopic (exact) mass is 367 g/mol. The van der Waals surface area contributed by atoms with E-state index in [1.807, 2.05) is 0 Å². The van der Waals surface area contributed by atoms with E-state index in [2.05, 4.69) is 0 Å². The zero-order valence-electron chi connectivity index (χ0n) is 12.4. The standard InChI is InChI=1S/C17H12Cl2FNO3/c18-13-7-12-11(15(19)14(13)17(23)24)4-5-21(16(12)22)8-9-2-1-3-10(20)6-9/h1-3,6-7H,4-5,8H2,(H,23,24). The minimum atomic E-state index is -1.23. The highest BCUT2D eigenvalue weighted by atomic mass is 35.5. The van der Waals surface area contributed by atoms with Gasteiger partial charge in [0, 0.05) is 18.7 Å². The van der Waals surface area contributed by atoms with Crippen LogP contribution in [0, 0.1) is 5.82 Å². The summed E-state index contributed by atoms with van der Waals surface area (Å²) in [6.45, 7) is 0.620. The Balaban J connectivity index is 1.95. The van der Waals surface area contributed by atoms with Crippen molar-refractivity contribution in [1.29, 1.82) is 0 Å². The SMILES string of the molecule is O=C(O)c1c(Cl)cc2c(c1Cl)CCN(Cc1cccc(F)c1)C2=O. The van der Waals surface area contributed by atoms with Gasteiger partial charge in [0.05, 0.1) is 15.6 Å². The van der Waals surface area contributed by atoms with Crippen LogP contribution in [0.1, 0.15) is 31.8 Å². The second kappa shape index (κ2) is 6.42. The number of benzene rings is 2. The number of rotatable bonds is 3. The molecule has 1 aliphatic heterocycles. The Labute approximate surface area is 147 Å². The molecule has 124 valence electrons. The van der Waals surface area contributed by atoms with E-state index in [1.165, 1.54) is 18.2 Å². The number of carboxylic acids is 1. The van der Waals surface area contributed by atoms with Crippen LogP contribution in [0.15, 0.2) is 30.3 Å². The lowest BCUT2D eigenvalue weighted by molar-refractivity contribution is 0.0690. The number of halogens is 3. The molecule has 0 aliphatic carbocycles. The molecule has 1 amide bonds. The van der Waals surface area contributed by atoms with Crippen molar-refractivity contribution in [2.45, 2.75) is 13.0 Å². The number of hydrogen-bond donors (Lipinski definition) is 1. The van der Waals surface area contributed by atoms with E-state index >= 15 is 0 Å². The first kappa shape index (κ1) is 16.7. The molecule has 24 heavy (non-hydrogen) atoms. The van der Waals surface area contributed by atoms with Gasteiger partial charge in [0.15, 0.2) is 0 Å². The summed E-state index contributed by atoms with van der Waals surface area (Å²) < 4.78 is 13.3. The first-order valence-electron chi connectivity index (χ1n) is 7.16. The molecule has 0 bridgehead atoms. The zero-order chi connectivity index (χ0) is 17.4. The molecule has 2 aromatic rings. The van der Waals surface area contributed by atoms with Crippen LogP contribution < -0.4 is 0 Å². The van der Waals surface area contributed by atoms with Crippen molar-refractivity contribution >= 4 is 35.1 Å². The summed E-state index contributed by atoms with van der Waals surface area (Å²) in [7, 11) is 0. The third kappa shape index (κ3) is 2.97. The molecule has 0 radical (unpaired) electrons. The Morgan fingerprint density at radius 2 is 2.04 bits per heavy atom. The molecule has 2 aromatic carbocycles. The molecule has 3 rings (SSSR count). The van der Waals surface area contributed by atoms with E-state index in [-0.39, 0.29) is 39.4 Å². The van der Waals surface area contributed by atoms with Crippen molar-refractivity contribution in [1.82, 2.24) is 4.90 Å². The van der Waals surface area contributed by atoms with Crippen molar-refractivity contribution < 1.29 is 19.1 Å². The summed E-state index contributed by atoms with van der Waals surface area (Å²) >= 11 is 12.1. The van der Waals surface area contributed by atoms with Crippen LogP contribution in [-0.4, -0.2) is 28.4 Å². The summed E-state index contributed by atoms with van der Waals surface area (Å²) in [4.78, 5) is 25.5. The predicted molar refractivity (Wildman–Crippen MR) is 88.3 cm³/mol. The van der Waals surface area contributed by atoms with E-state index in [0.29, 0.717) is 24.1 Å². The number of nitrogens with zero attached hydrogens (tertiary/aromatic N) is 1. The molecule has 0 fully saturated rings. The van der Waals surface area contributed by atoms with Crippen molar-refractivity contribution in [3.8, 4) is 0 Å². The molecule has 1 aliphatic rings. The third-order valence-corrected chi connectivity index (χ3v) is 4.66. The largest absolute Gasteiger partial charge is 0.478 e. The van der Waals surface area contributed by atoms with Gasteiger partial charge in [0.1, 0.15) is 5.82 Å². The normalized spacial score (nSPS) is 13.8. The van der Waals surface area contributed by atoms with Gasteiger partial charge < -0.3 is 10.0 Å². The predicted octanol–water partition coefficient (Wildman–Crippen LogP) is 4.03. The minimum absolute atomic E-state index is 0.00348. The molecule has 0 saturated carbocycles. The highest BCUT2D eigenvalue weighted by molar-refractivity contribution is 6.40. The van der Waals surface area contributed by atoms with Gasteiger partial charge in [-0.05, 0) is 35.7 Å². The Morgan fingerprint density at radius 3 is 2.71 bits per heavy atom. The number of aromatic carboxylic acids is 1. The Hall–Kier alpha value is -2.11. The van der Waals surface area contributed by atoms with Gasteiger partial charge in [-0.25, -0.2) is 9.18 Å². The number of carbonyl (C=O) groups excluding carboxylic acids is 1. The van der Waals surface area contributed by atoms with Crippen LogP contribution in [0.4, 0.5) is 4.39 Å². The molecule has 0 aromatic heterocycles. The van der Waals surface area contributed by atoms with Gasteiger partial charge in [-0.15, -0.1) is 0 Å². The van der Waals surface area contributed by atoms with Gasteiger partial charge in [-0.3, -0.25) is 4.79 Å². The highest BCUT2D eigenvalue weighted by Gasteiger charge is 2.30. The number of carboxylic acid groups (broad SMARTS) is 1. The maximum atomic E-state index is 13.3. The lowest BCUT2D eigenvalue weighted by Crippen LogP contribution is -2.37. The smallest absolute Gasteiger partial charge is 0.338 e. The molecule has 0 atom stereocenters. The van der Waals surface area contributed by atoms with Crippen LogP contribution in [0.25, 0.3) is 0 Å². The average Bonchev–Trinajstić information content (AvgIpc) is 2.50. The summed E-state index contributed by atoms with van der Waals surface area (Å²) in [5, 5.41) is 9.11. The Bertz CT molecular complexity index is 854. The molecule has 1 N–H and O–H groups in total. The molecular formula is C17H12Cl2FNO3. The van der Waals surface area contributed by atoms with E-state index in [0.717, 1.165) is 0 Å². The lowest BCUT2D eigenvalue weighted by Gasteiger charge is -2.30. The van der Waals surface area contributed by atoms with E-state index < -0.39 is 5.97 Å². The molecule has 7 heteroatoms. The van der Waals surface area contributed by atoms with Crippen LogP contribution in [-0.2, 0) is 13.0 Å². The zero-order valence-corrected chi connectivity index (χ0v) is 13.9. The van der Waals surface area contributed by atoms with Gasteiger partial charge in [-0.1, -0.05) is 35.3 Å². The third-order valence-electron chi connectivity index (χ3n) is 3.95. The van der Waals surface area contributed by atoms with Crippen molar-refractivity contribution in [3.63, 3.8) is 0 Å². The summed E-state index contributed by atoms with van der Waals surface area (Å²) in [6.07, 6.45) is 0.409. The number of fused-ring (bicyclic) bond motifs is 1. The summed E-state index contributed by atoms with van der Waals surface area (Å²) in [6, 6.07) is 7.37. The summed E-state index contributed by atoms with van der Waals surface area (Å²) in [5.41, 5.74) is 1.26. The van der Waals surface area contributed by atoms with E-state index in [4.69, 9.17) is 23.2 Å². The van der Waals surface area contributed by atoms with Crippen LogP contribution in [0.5, 0.6) is 0 Å². The Kier molecular flexibility index (Phi) is 4.47. The van der Waals surface area contributed by atoms with E-state index in [9.17, 15) is 19.1 Å². The fourth-order valence-electron chi connectivity index (χ4n) is 2.82. The highest BCUT2D eigenvalue weighted by Crippen LogP contribution is 2.34.